The quantitative estimate of drug-likeness (QED) is 0.167. The molecule has 6 atom stereocenters. The highest BCUT2D eigenvalue weighted by atomic mass is 32.5. The Hall–Kier alpha value is -2.89. The number of aliphatic hydroxyl groups excluding tert-OH is 1. The molecule has 12 nitrogen and oxygen atoms in total. The number of nitrogens with one attached hydrogen (secondary N) is 2. The van der Waals surface area contributed by atoms with Gasteiger partial charge in [0, 0.05) is 12.3 Å². The van der Waals surface area contributed by atoms with Crippen molar-refractivity contribution in [2.24, 2.45) is 0 Å². The van der Waals surface area contributed by atoms with Crippen molar-refractivity contribution in [1.29, 1.82) is 0 Å². The van der Waals surface area contributed by atoms with E-state index in [9.17, 15) is 29.0 Å². The van der Waals surface area contributed by atoms with E-state index in [4.69, 9.17) is 36.8 Å². The summed E-state index contributed by atoms with van der Waals surface area (Å²) in [6, 6.07) is 4.89. The molecule has 248 valence electrons. The van der Waals surface area contributed by atoms with Gasteiger partial charge in [-0.2, -0.15) is 0 Å². The fraction of sp³-hybridized carbons (Fsp3) is 0.552. The number of rotatable bonds is 10. The SMILES string of the molecule is C#C[C@]1(O)C(n2ccc(=O)[nH]c2=O)OC(COP(=S)(NC(C)C(=O)OC(C)C)Oc2ccc(F)cc2)[C@H]1O.CC.CC.CC. The number of carbonyl (C=O) groups excluding carboxylic acids is 1. The predicted octanol–water partition coefficient (Wildman–Crippen LogP) is 3.63. The summed E-state index contributed by atoms with van der Waals surface area (Å²) in [6.07, 6.45) is 1.41. The average Bonchev–Trinajstić information content (AvgIpc) is 3.25. The van der Waals surface area contributed by atoms with E-state index >= 15 is 0 Å². The monoisotopic (exact) mass is 661 g/mol. The van der Waals surface area contributed by atoms with Crippen molar-refractivity contribution in [2.75, 3.05) is 6.61 Å². The van der Waals surface area contributed by atoms with Gasteiger partial charge in [0.1, 0.15) is 29.8 Å². The summed E-state index contributed by atoms with van der Waals surface area (Å²) >= 11 is 5.56. The molecule has 1 aromatic heterocycles. The van der Waals surface area contributed by atoms with Gasteiger partial charge in [-0.3, -0.25) is 19.1 Å². The van der Waals surface area contributed by atoms with Crippen LogP contribution in [0.1, 0.15) is 68.5 Å². The van der Waals surface area contributed by atoms with Crippen LogP contribution in [-0.4, -0.2) is 62.3 Å². The minimum absolute atomic E-state index is 0.123. The zero-order valence-corrected chi connectivity index (χ0v) is 28.3. The van der Waals surface area contributed by atoms with Gasteiger partial charge in [0.05, 0.1) is 12.7 Å². The number of hydrogen-bond acceptors (Lipinski definition) is 10. The van der Waals surface area contributed by atoms with E-state index in [-0.39, 0.29) is 5.75 Å². The van der Waals surface area contributed by atoms with Crippen molar-refractivity contribution in [1.82, 2.24) is 14.6 Å². The normalized spacial score (nSPS) is 22.3. The third-order valence-corrected chi connectivity index (χ3v) is 7.82. The lowest BCUT2D eigenvalue weighted by Crippen LogP contribution is -2.48. The maximum Gasteiger partial charge on any atom is 0.330 e. The van der Waals surface area contributed by atoms with Crippen LogP contribution in [0.15, 0.2) is 46.1 Å². The van der Waals surface area contributed by atoms with E-state index < -0.39 is 72.5 Å². The largest absolute Gasteiger partial charge is 0.462 e. The molecular weight excluding hydrogens is 616 g/mol. The van der Waals surface area contributed by atoms with Crippen LogP contribution in [0.4, 0.5) is 4.39 Å². The number of terminal acetylenes is 1. The van der Waals surface area contributed by atoms with Crippen molar-refractivity contribution >= 4 is 24.4 Å². The highest BCUT2D eigenvalue weighted by Crippen LogP contribution is 2.47. The molecule has 1 fully saturated rings. The maximum atomic E-state index is 13.4. The highest BCUT2D eigenvalue weighted by molar-refractivity contribution is 8.09. The molecule has 0 bridgehead atoms. The summed E-state index contributed by atoms with van der Waals surface area (Å²) in [6.45, 7) is 12.7. The highest BCUT2D eigenvalue weighted by Gasteiger charge is 2.56. The first kappa shape index (κ1) is 41.1. The number of nitrogens with zero attached hydrogens (tertiary/aromatic N) is 1. The molecule has 2 aromatic rings. The molecule has 0 radical (unpaired) electrons. The van der Waals surface area contributed by atoms with Crippen molar-refractivity contribution in [3.63, 3.8) is 0 Å². The fourth-order valence-corrected chi connectivity index (χ4v) is 5.89. The lowest BCUT2D eigenvalue weighted by atomic mass is 9.95. The van der Waals surface area contributed by atoms with Crippen LogP contribution in [0, 0.1) is 18.2 Å². The van der Waals surface area contributed by atoms with Crippen LogP contribution in [0.25, 0.3) is 0 Å². The molecule has 0 spiro atoms. The Kier molecular flexibility index (Phi) is 18.2. The van der Waals surface area contributed by atoms with Gasteiger partial charge in [0.15, 0.2) is 11.8 Å². The Morgan fingerprint density at radius 2 is 1.75 bits per heavy atom. The van der Waals surface area contributed by atoms with Crippen LogP contribution < -0.4 is 20.9 Å². The molecule has 1 aliphatic heterocycles. The van der Waals surface area contributed by atoms with Crippen LogP contribution >= 0.6 is 6.64 Å². The second-order valence-electron chi connectivity index (χ2n) is 8.63. The summed E-state index contributed by atoms with van der Waals surface area (Å²) in [5, 5.41) is 24.5. The van der Waals surface area contributed by atoms with Gasteiger partial charge in [0.25, 0.3) is 5.56 Å². The maximum absolute atomic E-state index is 13.4. The number of aromatic nitrogens is 2. The molecule has 3 rings (SSSR count). The standard InChI is InChI=1S/C23H27FN3O9PS.3C2H6/c1-5-23(32)19(29)17(35-21(23)27-11-10-18(28)25-22(27)31)12-33-37(38,26-14(4)20(30)34-13(2)3)36-16-8-6-15(24)7-9-16;3*1-2/h1,6-11,13-14,17,19,21,29,32H,12H2,2-4H3,(H,26,38)(H,25,28,31);3*1-2H3/t14?,17?,19-,21?,23-,37?;;;/m1.../s1. The summed E-state index contributed by atoms with van der Waals surface area (Å²) in [7, 11) is 0. The summed E-state index contributed by atoms with van der Waals surface area (Å²) in [5.41, 5.74) is -4.02. The Labute approximate surface area is 263 Å². The third kappa shape index (κ3) is 11.2. The summed E-state index contributed by atoms with van der Waals surface area (Å²) in [4.78, 5) is 38.1. The zero-order chi connectivity index (χ0) is 34.3. The summed E-state index contributed by atoms with van der Waals surface area (Å²) in [5.74, 6) is 0.991. The van der Waals surface area contributed by atoms with E-state index in [1.54, 1.807) is 13.8 Å². The van der Waals surface area contributed by atoms with E-state index in [0.717, 1.165) is 29.0 Å². The molecule has 0 aliphatic carbocycles. The second kappa shape index (κ2) is 19.5. The minimum Gasteiger partial charge on any atom is -0.462 e. The Bertz CT molecular complexity index is 1360. The third-order valence-electron chi connectivity index (χ3n) is 5.32. The lowest BCUT2D eigenvalue weighted by Gasteiger charge is -2.28. The van der Waals surface area contributed by atoms with E-state index in [0.29, 0.717) is 0 Å². The number of H-pyrrole nitrogens is 1. The Balaban J connectivity index is 0.00000290. The molecule has 0 amide bonds. The average molecular weight is 662 g/mol. The number of carbonyl (C=O) groups is 1. The van der Waals surface area contributed by atoms with Crippen LogP contribution in [-0.2, 0) is 30.6 Å². The topological polar surface area (TPSA) is 161 Å². The van der Waals surface area contributed by atoms with Gasteiger partial charge in [0.2, 0.25) is 0 Å². The first-order valence-corrected chi connectivity index (χ1v) is 16.9. The van der Waals surface area contributed by atoms with E-state index in [2.05, 4.69) is 5.09 Å². The van der Waals surface area contributed by atoms with Crippen molar-refractivity contribution in [3.8, 4) is 18.1 Å². The number of hydrogen-bond donors (Lipinski definition) is 4. The number of aromatic amines is 1. The van der Waals surface area contributed by atoms with Gasteiger partial charge in [-0.05, 0) is 56.8 Å². The first-order valence-electron chi connectivity index (χ1n) is 14.3. The van der Waals surface area contributed by atoms with Crippen molar-refractivity contribution in [3.05, 3.63) is 63.2 Å². The second-order valence-corrected chi connectivity index (χ2v) is 11.8. The van der Waals surface area contributed by atoms with Crippen LogP contribution in [0.3, 0.4) is 0 Å². The Morgan fingerprint density at radius 1 is 1.18 bits per heavy atom. The molecule has 2 heterocycles. The summed E-state index contributed by atoms with van der Waals surface area (Å²) < 4.78 is 36.6. The van der Waals surface area contributed by atoms with Crippen LogP contribution in [0.5, 0.6) is 5.75 Å². The molecule has 1 saturated heterocycles. The Morgan fingerprint density at radius 3 is 2.25 bits per heavy atom. The molecule has 4 N–H and O–H groups in total. The molecular formula is C29H45FN3O9PS. The number of benzene rings is 1. The number of halogens is 1. The minimum atomic E-state index is -3.63. The molecule has 15 heteroatoms. The smallest absolute Gasteiger partial charge is 0.330 e. The van der Waals surface area contributed by atoms with Gasteiger partial charge in [-0.25, -0.2) is 14.3 Å². The first-order chi connectivity index (χ1) is 20.8. The van der Waals surface area contributed by atoms with Gasteiger partial charge in [-0.1, -0.05) is 47.5 Å². The molecule has 4 unspecified atom stereocenters. The number of aliphatic hydroxyl groups is 2. The number of esters is 1. The van der Waals surface area contributed by atoms with Crippen LogP contribution in [0.2, 0.25) is 0 Å². The molecule has 0 saturated carbocycles. The fourth-order valence-electron chi connectivity index (χ4n) is 3.47. The number of ether oxygens (including phenoxy) is 2. The van der Waals surface area contributed by atoms with E-state index in [1.165, 1.54) is 19.1 Å². The van der Waals surface area contributed by atoms with Gasteiger partial charge in [-0.15, -0.1) is 6.42 Å². The lowest BCUT2D eigenvalue weighted by molar-refractivity contribution is -0.149. The van der Waals surface area contributed by atoms with Gasteiger partial charge >= 0.3 is 18.3 Å². The van der Waals surface area contributed by atoms with Gasteiger partial charge < -0.3 is 28.7 Å². The van der Waals surface area contributed by atoms with E-state index in [1.807, 2.05) is 52.4 Å². The van der Waals surface area contributed by atoms with Crippen molar-refractivity contribution in [2.45, 2.75) is 98.5 Å². The molecule has 1 aliphatic rings. The van der Waals surface area contributed by atoms with Crippen molar-refractivity contribution < 1.29 is 37.9 Å². The zero-order valence-electron chi connectivity index (χ0n) is 26.6. The predicted molar refractivity (Wildman–Crippen MR) is 170 cm³/mol. The molecule has 44 heavy (non-hydrogen) atoms. The molecule has 1 aromatic carbocycles.